The Morgan fingerprint density at radius 1 is 1.29 bits per heavy atom. The summed E-state index contributed by atoms with van der Waals surface area (Å²) in [7, 11) is 0. The fourth-order valence-electron chi connectivity index (χ4n) is 2.73. The van der Waals surface area contributed by atoms with Gasteiger partial charge in [0, 0.05) is 13.1 Å². The van der Waals surface area contributed by atoms with Crippen LogP contribution >= 0.6 is 0 Å². The van der Waals surface area contributed by atoms with Crippen LogP contribution in [-0.4, -0.2) is 38.6 Å². The highest BCUT2D eigenvalue weighted by atomic mass is 19.3. The molecule has 0 radical (unpaired) electrons. The van der Waals surface area contributed by atoms with Crippen LogP contribution in [0.15, 0.2) is 18.2 Å². The second-order valence-electron chi connectivity index (χ2n) is 5.34. The number of amides is 1. The first kappa shape index (κ1) is 16.0. The van der Waals surface area contributed by atoms with Crippen molar-refractivity contribution >= 4 is 11.9 Å². The third-order valence-corrected chi connectivity index (χ3v) is 3.92. The monoisotopic (exact) mass is 339 g/mol. The average Bonchev–Trinajstić information content (AvgIpc) is 3.04. The number of carboxylic acid groups (broad SMARTS) is 1. The van der Waals surface area contributed by atoms with E-state index >= 15 is 0 Å². The minimum Gasteiger partial charge on any atom is -0.478 e. The van der Waals surface area contributed by atoms with Crippen LogP contribution in [0, 0.1) is 5.82 Å². The number of hydrogen-bond donors (Lipinski definition) is 2. The molecule has 1 aliphatic rings. The fraction of sp³-hybridized carbons (Fsp3) is 0.267. The molecule has 2 N–H and O–H groups in total. The largest absolute Gasteiger partial charge is 0.478 e. The average molecular weight is 339 g/mol. The number of hydrogen-bond acceptors (Lipinski definition) is 3. The van der Waals surface area contributed by atoms with E-state index in [1.165, 1.54) is 4.90 Å². The van der Waals surface area contributed by atoms with Crippen LogP contribution in [0.25, 0.3) is 0 Å². The molecule has 0 atom stereocenters. The lowest BCUT2D eigenvalue weighted by molar-refractivity contribution is 0.0675. The molecule has 6 nitrogen and oxygen atoms in total. The number of rotatable bonds is 3. The van der Waals surface area contributed by atoms with Crippen LogP contribution in [0.2, 0.25) is 0 Å². The second-order valence-corrected chi connectivity index (χ2v) is 5.34. The summed E-state index contributed by atoms with van der Waals surface area (Å²) in [5, 5.41) is 14.8. The van der Waals surface area contributed by atoms with Gasteiger partial charge in [0.15, 0.2) is 5.69 Å². The van der Waals surface area contributed by atoms with Gasteiger partial charge in [-0.25, -0.2) is 18.0 Å². The van der Waals surface area contributed by atoms with Crippen molar-refractivity contribution in [3.05, 3.63) is 52.1 Å². The fourth-order valence-corrected chi connectivity index (χ4v) is 2.73. The number of carbonyl (C=O) groups excluding carboxylic acids is 1. The Bertz CT molecular complexity index is 820. The van der Waals surface area contributed by atoms with Gasteiger partial charge in [0.05, 0.1) is 5.56 Å². The maximum absolute atomic E-state index is 13.9. The van der Waals surface area contributed by atoms with E-state index in [1.54, 1.807) is 0 Å². The van der Waals surface area contributed by atoms with Gasteiger partial charge in [-0.1, -0.05) is 0 Å². The number of halogens is 3. The zero-order chi connectivity index (χ0) is 17.4. The Kier molecular flexibility index (Phi) is 4.00. The number of aromatic amines is 1. The number of benzene rings is 1. The normalized spacial score (nSPS) is 13.9. The van der Waals surface area contributed by atoms with E-state index in [2.05, 4.69) is 10.2 Å². The highest BCUT2D eigenvalue weighted by molar-refractivity contribution is 5.93. The highest BCUT2D eigenvalue weighted by Crippen LogP contribution is 2.27. The summed E-state index contributed by atoms with van der Waals surface area (Å²) >= 11 is 0. The molecule has 3 rings (SSSR count). The number of H-pyrrole nitrogens is 1. The van der Waals surface area contributed by atoms with Crippen LogP contribution in [0.4, 0.5) is 13.2 Å². The van der Waals surface area contributed by atoms with Gasteiger partial charge < -0.3 is 10.0 Å². The van der Waals surface area contributed by atoms with E-state index in [9.17, 15) is 27.9 Å². The van der Waals surface area contributed by atoms with Crippen molar-refractivity contribution in [2.24, 2.45) is 0 Å². The molecule has 0 aliphatic carbocycles. The zero-order valence-corrected chi connectivity index (χ0v) is 12.2. The summed E-state index contributed by atoms with van der Waals surface area (Å²) in [5.41, 5.74) is -0.282. The van der Waals surface area contributed by atoms with Crippen LogP contribution in [-0.2, 0) is 13.0 Å². The molecule has 2 aromatic rings. The van der Waals surface area contributed by atoms with Gasteiger partial charge in [-0.15, -0.1) is 0 Å². The molecule has 9 heteroatoms. The van der Waals surface area contributed by atoms with Crippen molar-refractivity contribution in [2.75, 3.05) is 6.54 Å². The molecule has 1 aliphatic heterocycles. The van der Waals surface area contributed by atoms with Crippen LogP contribution in [0.5, 0.6) is 0 Å². The van der Waals surface area contributed by atoms with Gasteiger partial charge in [0.2, 0.25) is 0 Å². The number of carbonyl (C=O) groups is 2. The molecule has 126 valence electrons. The van der Waals surface area contributed by atoms with Crippen LogP contribution < -0.4 is 0 Å². The summed E-state index contributed by atoms with van der Waals surface area (Å²) in [6.45, 7) is 0.0210. The molecule has 0 bridgehead atoms. The SMILES string of the molecule is O=C(O)c1ccc(F)c2c1CN(C(=O)c1cc(C(F)F)[nH]n1)CC2. The van der Waals surface area contributed by atoms with Crippen LogP contribution in [0.3, 0.4) is 0 Å². The lowest BCUT2D eigenvalue weighted by Crippen LogP contribution is -2.37. The summed E-state index contributed by atoms with van der Waals surface area (Å²) in [6.07, 6.45) is -2.64. The maximum atomic E-state index is 13.9. The van der Waals surface area contributed by atoms with Crippen molar-refractivity contribution in [3.63, 3.8) is 0 Å². The summed E-state index contributed by atoms with van der Waals surface area (Å²) in [5.74, 6) is -2.37. The standard InChI is InChI=1S/C15H12F3N3O3/c16-10-2-1-8(15(23)24)9-6-21(4-3-7(9)10)14(22)12-5-11(13(17)18)19-20-12/h1-2,5,13H,3-4,6H2,(H,19,20)(H,23,24). The Labute approximate surface area is 133 Å². The van der Waals surface area contributed by atoms with Crippen LogP contribution in [0.1, 0.15) is 44.1 Å². The molecule has 1 aromatic heterocycles. The first-order valence-electron chi connectivity index (χ1n) is 7.04. The number of carboxylic acids is 1. The maximum Gasteiger partial charge on any atom is 0.336 e. The predicted octanol–water partition coefficient (Wildman–Crippen LogP) is 2.38. The second kappa shape index (κ2) is 5.99. The first-order valence-corrected chi connectivity index (χ1v) is 7.04. The Morgan fingerprint density at radius 3 is 2.67 bits per heavy atom. The van der Waals surface area contributed by atoms with Crippen molar-refractivity contribution < 1.29 is 27.9 Å². The van der Waals surface area contributed by atoms with E-state index in [-0.39, 0.29) is 41.9 Å². The zero-order valence-electron chi connectivity index (χ0n) is 12.2. The molecule has 0 saturated heterocycles. The molecular weight excluding hydrogens is 327 g/mol. The molecular formula is C15H12F3N3O3. The Balaban J connectivity index is 1.90. The van der Waals surface area contributed by atoms with Gasteiger partial charge in [0.25, 0.3) is 12.3 Å². The molecule has 0 fully saturated rings. The number of alkyl halides is 2. The smallest absolute Gasteiger partial charge is 0.336 e. The molecule has 1 aromatic carbocycles. The lowest BCUT2D eigenvalue weighted by Gasteiger charge is -2.29. The first-order chi connectivity index (χ1) is 11.4. The van der Waals surface area contributed by atoms with Gasteiger partial charge in [-0.2, -0.15) is 5.10 Å². The molecule has 1 amide bonds. The van der Waals surface area contributed by atoms with E-state index in [0.717, 1.165) is 18.2 Å². The third kappa shape index (κ3) is 2.72. The number of nitrogens with zero attached hydrogens (tertiary/aromatic N) is 2. The lowest BCUT2D eigenvalue weighted by atomic mass is 9.94. The summed E-state index contributed by atoms with van der Waals surface area (Å²) in [4.78, 5) is 24.9. The topological polar surface area (TPSA) is 86.3 Å². The van der Waals surface area contributed by atoms with Gasteiger partial charge in [-0.3, -0.25) is 9.89 Å². The quantitative estimate of drug-likeness (QED) is 0.899. The number of aromatic carboxylic acids is 1. The van der Waals surface area contributed by atoms with E-state index in [4.69, 9.17) is 0 Å². The molecule has 0 unspecified atom stereocenters. The highest BCUT2D eigenvalue weighted by Gasteiger charge is 2.29. The van der Waals surface area contributed by atoms with Crippen molar-refractivity contribution in [1.82, 2.24) is 15.1 Å². The molecule has 24 heavy (non-hydrogen) atoms. The van der Waals surface area contributed by atoms with Crippen molar-refractivity contribution in [1.29, 1.82) is 0 Å². The summed E-state index contributed by atoms with van der Waals surface area (Å²) < 4.78 is 39.0. The van der Waals surface area contributed by atoms with E-state index in [0.29, 0.717) is 0 Å². The third-order valence-electron chi connectivity index (χ3n) is 3.92. The number of fused-ring (bicyclic) bond motifs is 1. The van der Waals surface area contributed by atoms with Crippen molar-refractivity contribution in [3.8, 4) is 0 Å². The Morgan fingerprint density at radius 2 is 2.04 bits per heavy atom. The summed E-state index contributed by atoms with van der Waals surface area (Å²) in [6, 6.07) is 3.18. The van der Waals surface area contributed by atoms with E-state index in [1.807, 2.05) is 0 Å². The number of nitrogens with one attached hydrogen (secondary N) is 1. The molecule has 0 saturated carbocycles. The van der Waals surface area contributed by atoms with Gasteiger partial charge >= 0.3 is 5.97 Å². The Hall–Kier alpha value is -2.84. The number of aromatic nitrogens is 2. The minimum absolute atomic E-state index is 0.0841. The van der Waals surface area contributed by atoms with Crippen molar-refractivity contribution in [2.45, 2.75) is 19.4 Å². The minimum atomic E-state index is -2.78. The molecule has 2 heterocycles. The van der Waals surface area contributed by atoms with Gasteiger partial charge in [0.1, 0.15) is 11.5 Å². The van der Waals surface area contributed by atoms with E-state index < -0.39 is 29.8 Å². The predicted molar refractivity (Wildman–Crippen MR) is 75.3 cm³/mol. The molecule has 0 spiro atoms. The van der Waals surface area contributed by atoms with Gasteiger partial charge in [-0.05, 0) is 35.7 Å².